The van der Waals surface area contributed by atoms with Crippen molar-refractivity contribution in [1.29, 1.82) is 0 Å². The zero-order valence-electron chi connectivity index (χ0n) is 9.59. The molecule has 1 atom stereocenters. The first-order chi connectivity index (χ1) is 7.67. The van der Waals surface area contributed by atoms with Crippen molar-refractivity contribution in [3.05, 3.63) is 29.0 Å². The molecule has 16 heavy (non-hydrogen) atoms. The van der Waals surface area contributed by atoms with E-state index in [1.807, 2.05) is 7.05 Å². The molecule has 1 aromatic rings. The maximum Gasteiger partial charge on any atom is 0.145 e. The van der Waals surface area contributed by atoms with Crippen LogP contribution in [0.2, 0.25) is 5.02 Å². The lowest BCUT2D eigenvalue weighted by Gasteiger charge is -2.18. The first kappa shape index (κ1) is 13.3. The third-order valence-electron chi connectivity index (χ3n) is 2.24. The molecule has 0 aliphatic heterocycles. The molecule has 2 nitrogen and oxygen atoms in total. The van der Waals surface area contributed by atoms with Crippen LogP contribution in [0.3, 0.4) is 0 Å². The van der Waals surface area contributed by atoms with Gasteiger partial charge in [0.15, 0.2) is 0 Å². The Morgan fingerprint density at radius 2 is 2.25 bits per heavy atom. The SMILES string of the molecule is CCCC(CNC)Oc1ccc(Cl)c(F)c1. The Bertz CT molecular complexity index is 327. The van der Waals surface area contributed by atoms with Gasteiger partial charge < -0.3 is 10.1 Å². The van der Waals surface area contributed by atoms with Crippen LogP contribution in [0.25, 0.3) is 0 Å². The zero-order chi connectivity index (χ0) is 12.0. The third-order valence-corrected chi connectivity index (χ3v) is 2.54. The normalized spacial score (nSPS) is 12.5. The summed E-state index contributed by atoms with van der Waals surface area (Å²) < 4.78 is 18.8. The maximum absolute atomic E-state index is 13.2. The molecule has 1 aromatic carbocycles. The molecule has 0 aliphatic rings. The summed E-state index contributed by atoms with van der Waals surface area (Å²) in [6.45, 7) is 2.84. The topological polar surface area (TPSA) is 21.3 Å². The van der Waals surface area contributed by atoms with Gasteiger partial charge in [0.2, 0.25) is 0 Å². The van der Waals surface area contributed by atoms with Crippen LogP contribution in [0.4, 0.5) is 4.39 Å². The second-order valence-electron chi connectivity index (χ2n) is 3.66. The van der Waals surface area contributed by atoms with Gasteiger partial charge in [-0.3, -0.25) is 0 Å². The van der Waals surface area contributed by atoms with E-state index < -0.39 is 5.82 Å². The highest BCUT2D eigenvalue weighted by molar-refractivity contribution is 6.30. The van der Waals surface area contributed by atoms with Gasteiger partial charge in [-0.25, -0.2) is 4.39 Å². The molecular weight excluding hydrogens is 229 g/mol. The van der Waals surface area contributed by atoms with Crippen molar-refractivity contribution >= 4 is 11.6 Å². The van der Waals surface area contributed by atoms with E-state index in [0.29, 0.717) is 5.75 Å². The van der Waals surface area contributed by atoms with Crippen molar-refractivity contribution in [2.75, 3.05) is 13.6 Å². The van der Waals surface area contributed by atoms with Gasteiger partial charge in [-0.2, -0.15) is 0 Å². The largest absolute Gasteiger partial charge is 0.489 e. The molecule has 0 fully saturated rings. The second kappa shape index (κ2) is 6.71. The molecular formula is C12H17ClFNO. The number of ether oxygens (including phenoxy) is 1. The predicted octanol–water partition coefficient (Wildman–Crippen LogP) is 3.25. The first-order valence-corrected chi connectivity index (χ1v) is 5.81. The lowest BCUT2D eigenvalue weighted by Crippen LogP contribution is -2.29. The number of likely N-dealkylation sites (N-methyl/N-ethyl adjacent to an activating group) is 1. The molecule has 0 bridgehead atoms. The third kappa shape index (κ3) is 3.99. The molecule has 0 saturated carbocycles. The van der Waals surface area contributed by atoms with Crippen LogP contribution < -0.4 is 10.1 Å². The number of nitrogens with one attached hydrogen (secondary N) is 1. The van der Waals surface area contributed by atoms with Crippen LogP contribution in [-0.2, 0) is 0 Å². The van der Waals surface area contributed by atoms with Crippen LogP contribution in [0.5, 0.6) is 5.75 Å². The van der Waals surface area contributed by atoms with Gasteiger partial charge in [0.25, 0.3) is 0 Å². The average molecular weight is 246 g/mol. The summed E-state index contributed by atoms with van der Waals surface area (Å²) in [7, 11) is 1.87. The highest BCUT2D eigenvalue weighted by atomic mass is 35.5. The van der Waals surface area contributed by atoms with Crippen molar-refractivity contribution in [2.45, 2.75) is 25.9 Å². The van der Waals surface area contributed by atoms with Gasteiger partial charge in [0.05, 0.1) is 5.02 Å². The molecule has 0 amide bonds. The Hall–Kier alpha value is -0.800. The van der Waals surface area contributed by atoms with E-state index in [2.05, 4.69) is 12.2 Å². The highest BCUT2D eigenvalue weighted by Gasteiger charge is 2.09. The maximum atomic E-state index is 13.2. The molecule has 0 heterocycles. The Balaban J connectivity index is 2.65. The minimum Gasteiger partial charge on any atom is -0.489 e. The lowest BCUT2D eigenvalue weighted by molar-refractivity contribution is 0.188. The van der Waals surface area contributed by atoms with Crippen LogP contribution >= 0.6 is 11.6 Å². The quantitative estimate of drug-likeness (QED) is 0.831. The summed E-state index contributed by atoms with van der Waals surface area (Å²) >= 11 is 5.60. The van der Waals surface area contributed by atoms with Gasteiger partial charge in [-0.05, 0) is 25.6 Å². The molecule has 0 aliphatic carbocycles. The van der Waals surface area contributed by atoms with Crippen LogP contribution in [0.1, 0.15) is 19.8 Å². The summed E-state index contributed by atoms with van der Waals surface area (Å²) in [5.41, 5.74) is 0. The predicted molar refractivity (Wildman–Crippen MR) is 64.7 cm³/mol. The Morgan fingerprint density at radius 3 is 2.81 bits per heavy atom. The van der Waals surface area contributed by atoms with Crippen LogP contribution in [0, 0.1) is 5.82 Å². The summed E-state index contributed by atoms with van der Waals surface area (Å²) in [4.78, 5) is 0. The minimum absolute atomic E-state index is 0.0653. The average Bonchev–Trinajstić information content (AvgIpc) is 2.24. The molecule has 1 unspecified atom stereocenters. The Labute approximate surface area is 101 Å². The molecule has 90 valence electrons. The van der Waals surface area contributed by atoms with E-state index in [4.69, 9.17) is 16.3 Å². The van der Waals surface area contributed by atoms with E-state index in [9.17, 15) is 4.39 Å². The number of rotatable bonds is 6. The van der Waals surface area contributed by atoms with Crippen molar-refractivity contribution in [2.24, 2.45) is 0 Å². The molecule has 4 heteroatoms. The number of hydrogen-bond donors (Lipinski definition) is 1. The van der Waals surface area contributed by atoms with Crippen molar-refractivity contribution < 1.29 is 9.13 Å². The summed E-state index contributed by atoms with van der Waals surface area (Å²) in [6.07, 6.45) is 2.03. The lowest BCUT2D eigenvalue weighted by atomic mass is 10.2. The molecule has 0 aromatic heterocycles. The highest BCUT2D eigenvalue weighted by Crippen LogP contribution is 2.21. The zero-order valence-corrected chi connectivity index (χ0v) is 10.4. The number of benzene rings is 1. The number of hydrogen-bond acceptors (Lipinski definition) is 2. The van der Waals surface area contributed by atoms with E-state index in [0.717, 1.165) is 19.4 Å². The van der Waals surface area contributed by atoms with Gasteiger partial charge >= 0.3 is 0 Å². The number of halogens is 2. The standard InChI is InChI=1S/C12H17ClFNO/c1-3-4-10(8-15-2)16-9-5-6-11(13)12(14)7-9/h5-7,10,15H,3-4,8H2,1-2H3. The monoisotopic (exact) mass is 245 g/mol. The van der Waals surface area contributed by atoms with Crippen molar-refractivity contribution in [3.8, 4) is 5.75 Å². The van der Waals surface area contributed by atoms with E-state index in [-0.39, 0.29) is 11.1 Å². The Morgan fingerprint density at radius 1 is 1.50 bits per heavy atom. The molecule has 0 saturated heterocycles. The van der Waals surface area contributed by atoms with Crippen LogP contribution in [-0.4, -0.2) is 19.7 Å². The van der Waals surface area contributed by atoms with Gasteiger partial charge in [-0.15, -0.1) is 0 Å². The smallest absolute Gasteiger partial charge is 0.145 e. The van der Waals surface area contributed by atoms with Gasteiger partial charge in [0.1, 0.15) is 17.7 Å². The molecule has 1 rings (SSSR count). The van der Waals surface area contributed by atoms with Gasteiger partial charge in [0, 0.05) is 12.6 Å². The summed E-state index contributed by atoms with van der Waals surface area (Å²) in [6, 6.07) is 4.51. The van der Waals surface area contributed by atoms with E-state index in [1.165, 1.54) is 12.1 Å². The molecule has 0 spiro atoms. The van der Waals surface area contributed by atoms with E-state index >= 15 is 0 Å². The minimum atomic E-state index is -0.445. The first-order valence-electron chi connectivity index (χ1n) is 5.43. The fraction of sp³-hybridized carbons (Fsp3) is 0.500. The summed E-state index contributed by atoms with van der Waals surface area (Å²) in [5, 5.41) is 3.17. The van der Waals surface area contributed by atoms with E-state index in [1.54, 1.807) is 6.07 Å². The van der Waals surface area contributed by atoms with Gasteiger partial charge in [-0.1, -0.05) is 24.9 Å². The van der Waals surface area contributed by atoms with Crippen molar-refractivity contribution in [1.82, 2.24) is 5.32 Å². The van der Waals surface area contributed by atoms with Crippen molar-refractivity contribution in [3.63, 3.8) is 0 Å². The fourth-order valence-electron chi connectivity index (χ4n) is 1.49. The Kier molecular flexibility index (Phi) is 5.56. The van der Waals surface area contributed by atoms with Crippen LogP contribution in [0.15, 0.2) is 18.2 Å². The second-order valence-corrected chi connectivity index (χ2v) is 4.07. The molecule has 0 radical (unpaired) electrons. The fourth-order valence-corrected chi connectivity index (χ4v) is 1.61. The summed E-state index contributed by atoms with van der Waals surface area (Å²) in [5.74, 6) is 0.0782. The molecule has 1 N–H and O–H groups in total.